The summed E-state index contributed by atoms with van der Waals surface area (Å²) in [5.74, 6) is 0. The molecule has 0 saturated heterocycles. The average molecular weight is 383 g/mol. The molecule has 0 bridgehead atoms. The zero-order valence-corrected chi connectivity index (χ0v) is 18.5. The van der Waals surface area contributed by atoms with Gasteiger partial charge in [0.25, 0.3) is 0 Å². The van der Waals surface area contributed by atoms with Crippen molar-refractivity contribution in [1.82, 2.24) is 0 Å². The van der Waals surface area contributed by atoms with Gasteiger partial charge in [0.1, 0.15) is 0 Å². The van der Waals surface area contributed by atoms with E-state index in [1.54, 1.807) is 12.1 Å². The van der Waals surface area contributed by atoms with Crippen LogP contribution in [0.1, 0.15) is 77.6 Å². The molecule has 2 aliphatic rings. The minimum Gasteiger partial charge on any atom is -0.219 e. The van der Waals surface area contributed by atoms with Crippen LogP contribution in [0.15, 0.2) is 46.2 Å². The summed E-state index contributed by atoms with van der Waals surface area (Å²) < 4.78 is 26.7. The largest absolute Gasteiger partial charge is 0.219 e. The zero-order valence-electron chi connectivity index (χ0n) is 17.7. The van der Waals surface area contributed by atoms with Gasteiger partial charge >= 0.3 is 0 Å². The van der Waals surface area contributed by atoms with Crippen LogP contribution in [0.25, 0.3) is 0 Å². The van der Waals surface area contributed by atoms with Crippen molar-refractivity contribution in [2.45, 2.75) is 86.8 Å². The first-order valence-corrected chi connectivity index (χ1v) is 11.2. The van der Waals surface area contributed by atoms with Gasteiger partial charge in [0.05, 0.1) is 9.79 Å². The summed E-state index contributed by atoms with van der Waals surface area (Å²) in [5.41, 5.74) is 4.89. The van der Waals surface area contributed by atoms with E-state index in [0.29, 0.717) is 9.79 Å². The molecular formula is C24H30O2S. The second-order valence-electron chi connectivity index (χ2n) is 10.4. The van der Waals surface area contributed by atoms with E-state index < -0.39 is 9.84 Å². The van der Waals surface area contributed by atoms with Crippen LogP contribution in [0.4, 0.5) is 0 Å². The van der Waals surface area contributed by atoms with E-state index in [1.807, 2.05) is 24.3 Å². The van der Waals surface area contributed by atoms with E-state index in [1.165, 1.54) is 11.1 Å². The summed E-state index contributed by atoms with van der Waals surface area (Å²) in [6.45, 7) is 17.7. The molecule has 2 aromatic carbocycles. The molecule has 0 unspecified atom stereocenters. The van der Waals surface area contributed by atoms with E-state index in [4.69, 9.17) is 0 Å². The summed E-state index contributed by atoms with van der Waals surface area (Å²) in [6, 6.07) is 11.3. The maximum Gasteiger partial charge on any atom is 0.206 e. The summed E-state index contributed by atoms with van der Waals surface area (Å²) >= 11 is 0. The Bertz CT molecular complexity index is 1000. The van der Waals surface area contributed by atoms with Crippen LogP contribution in [0.5, 0.6) is 0 Å². The van der Waals surface area contributed by atoms with Crippen LogP contribution >= 0.6 is 0 Å². The standard InChI is InChI=1S/C24H30O2S/c1-21(2)17-11-9-15(13-19(17)23(21,5)6)27(25,26)16-10-12-18-20(14-16)24(7,8)22(18,3)4/h9-14H,1-8H3. The van der Waals surface area contributed by atoms with Crippen molar-refractivity contribution in [3.05, 3.63) is 58.7 Å². The van der Waals surface area contributed by atoms with E-state index in [2.05, 4.69) is 55.4 Å². The first-order chi connectivity index (χ1) is 12.2. The van der Waals surface area contributed by atoms with E-state index in [0.717, 1.165) is 11.1 Å². The molecular weight excluding hydrogens is 352 g/mol. The molecule has 0 aliphatic heterocycles. The summed E-state index contributed by atoms with van der Waals surface area (Å²) in [7, 11) is -3.52. The van der Waals surface area contributed by atoms with Gasteiger partial charge < -0.3 is 0 Å². The fourth-order valence-electron chi connectivity index (χ4n) is 4.86. The third-order valence-corrected chi connectivity index (χ3v) is 10.2. The van der Waals surface area contributed by atoms with Crippen LogP contribution in [-0.4, -0.2) is 8.42 Å². The van der Waals surface area contributed by atoms with Gasteiger partial charge in [-0.05, 0) is 68.2 Å². The molecule has 0 aromatic heterocycles. The molecule has 0 saturated carbocycles. The van der Waals surface area contributed by atoms with Crippen molar-refractivity contribution in [1.29, 1.82) is 0 Å². The highest BCUT2D eigenvalue weighted by Crippen LogP contribution is 2.57. The lowest BCUT2D eigenvalue weighted by atomic mass is 9.50. The predicted molar refractivity (Wildman–Crippen MR) is 110 cm³/mol. The van der Waals surface area contributed by atoms with Gasteiger partial charge in [0, 0.05) is 0 Å². The van der Waals surface area contributed by atoms with Crippen molar-refractivity contribution in [2.75, 3.05) is 0 Å². The topological polar surface area (TPSA) is 34.1 Å². The van der Waals surface area contributed by atoms with Crippen molar-refractivity contribution in [3.8, 4) is 0 Å². The van der Waals surface area contributed by atoms with Crippen molar-refractivity contribution in [3.63, 3.8) is 0 Å². The Balaban J connectivity index is 1.81. The summed E-state index contributed by atoms with van der Waals surface area (Å²) in [4.78, 5) is 0.808. The number of benzene rings is 2. The highest BCUT2D eigenvalue weighted by molar-refractivity contribution is 7.91. The number of hydrogen-bond donors (Lipinski definition) is 0. The van der Waals surface area contributed by atoms with Gasteiger partial charge in [-0.3, -0.25) is 0 Å². The molecule has 0 spiro atoms. The lowest BCUT2D eigenvalue weighted by Crippen LogP contribution is -2.51. The average Bonchev–Trinajstić information content (AvgIpc) is 2.60. The van der Waals surface area contributed by atoms with E-state index in [-0.39, 0.29) is 21.7 Å². The highest BCUT2D eigenvalue weighted by Gasteiger charge is 2.52. The fourth-order valence-corrected chi connectivity index (χ4v) is 6.18. The molecule has 2 aromatic rings. The Kier molecular flexibility index (Phi) is 3.37. The maximum atomic E-state index is 13.4. The molecule has 0 N–H and O–H groups in total. The zero-order chi connectivity index (χ0) is 20.2. The molecule has 2 aliphatic carbocycles. The Morgan fingerprint density at radius 1 is 0.519 bits per heavy atom. The lowest BCUT2D eigenvalue weighted by molar-refractivity contribution is 0.241. The number of fused-ring (bicyclic) bond motifs is 2. The van der Waals surface area contributed by atoms with Gasteiger partial charge in [0.2, 0.25) is 9.84 Å². The molecule has 3 heteroatoms. The summed E-state index contributed by atoms with van der Waals surface area (Å²) in [6.07, 6.45) is 0. The highest BCUT2D eigenvalue weighted by atomic mass is 32.2. The minimum absolute atomic E-state index is 0.0274. The number of sulfone groups is 1. The quantitative estimate of drug-likeness (QED) is 0.672. The number of rotatable bonds is 2. The van der Waals surface area contributed by atoms with Crippen LogP contribution in [0.3, 0.4) is 0 Å². The Labute approximate surface area is 163 Å². The number of hydrogen-bond acceptors (Lipinski definition) is 2. The van der Waals surface area contributed by atoms with Gasteiger partial charge in [-0.2, -0.15) is 0 Å². The smallest absolute Gasteiger partial charge is 0.206 e. The third kappa shape index (κ3) is 1.99. The van der Waals surface area contributed by atoms with E-state index in [9.17, 15) is 8.42 Å². The first-order valence-electron chi connectivity index (χ1n) is 9.72. The molecule has 2 nitrogen and oxygen atoms in total. The minimum atomic E-state index is -3.52. The molecule has 0 amide bonds. The Hall–Kier alpha value is -1.61. The molecule has 144 valence electrons. The molecule has 0 heterocycles. The predicted octanol–water partition coefficient (Wildman–Crippen LogP) is 5.66. The van der Waals surface area contributed by atoms with Crippen LogP contribution in [0.2, 0.25) is 0 Å². The monoisotopic (exact) mass is 382 g/mol. The Morgan fingerprint density at radius 3 is 1.15 bits per heavy atom. The van der Waals surface area contributed by atoms with Crippen molar-refractivity contribution >= 4 is 9.84 Å². The molecule has 4 rings (SSSR count). The molecule has 27 heavy (non-hydrogen) atoms. The van der Waals surface area contributed by atoms with Crippen LogP contribution < -0.4 is 0 Å². The van der Waals surface area contributed by atoms with Crippen molar-refractivity contribution < 1.29 is 8.42 Å². The SMILES string of the molecule is CC1(C)c2ccc(S(=O)(=O)c3ccc4c(c3)C(C)(C)C4(C)C)cc2C1(C)C. The van der Waals surface area contributed by atoms with Gasteiger partial charge in [-0.15, -0.1) is 0 Å². The maximum absolute atomic E-state index is 13.4. The summed E-state index contributed by atoms with van der Waals surface area (Å²) in [5, 5.41) is 0. The Morgan fingerprint density at radius 2 is 0.815 bits per heavy atom. The third-order valence-electron chi connectivity index (χ3n) is 8.42. The first kappa shape index (κ1) is 18.7. The van der Waals surface area contributed by atoms with Gasteiger partial charge in [-0.1, -0.05) is 67.5 Å². The molecule has 0 atom stereocenters. The fraction of sp³-hybridized carbons (Fsp3) is 0.500. The second kappa shape index (κ2) is 4.86. The van der Waals surface area contributed by atoms with Crippen LogP contribution in [-0.2, 0) is 31.5 Å². The molecule has 0 radical (unpaired) electrons. The second-order valence-corrected chi connectivity index (χ2v) is 12.4. The normalized spacial score (nSPS) is 22.8. The van der Waals surface area contributed by atoms with Crippen molar-refractivity contribution in [2.24, 2.45) is 0 Å². The van der Waals surface area contributed by atoms with Gasteiger partial charge in [-0.25, -0.2) is 8.42 Å². The van der Waals surface area contributed by atoms with E-state index >= 15 is 0 Å². The van der Waals surface area contributed by atoms with Crippen LogP contribution in [0, 0.1) is 0 Å². The lowest BCUT2D eigenvalue weighted by Gasteiger charge is -2.54. The molecule has 0 fully saturated rings. The van der Waals surface area contributed by atoms with Gasteiger partial charge in [0.15, 0.2) is 0 Å².